The monoisotopic (exact) mass is 516 g/mol. The smallest absolute Gasteiger partial charge is 0.461 e. The Hall–Kier alpha value is -1.64. The van der Waals surface area contributed by atoms with Gasteiger partial charge in [0.15, 0.2) is 6.10 Å². The first-order valence-electron chi connectivity index (χ1n) is 13.7. The van der Waals surface area contributed by atoms with Gasteiger partial charge in [0.05, 0.1) is 22.9 Å². The SMILES string of the molecule is Cc1nc(C)c(C(OC(C)(C)C)C(=O)OC(C)C)c(N2CCC(C)(C)CC2)c1B1OC(C)(C)C(C)(C)O1. The fraction of sp³-hybridized carbons (Fsp3) is 0.793. The van der Waals surface area contributed by atoms with Crippen molar-refractivity contribution in [3.63, 3.8) is 0 Å². The second kappa shape index (κ2) is 10.2. The van der Waals surface area contributed by atoms with Crippen LogP contribution in [0.5, 0.6) is 0 Å². The van der Waals surface area contributed by atoms with Crippen molar-refractivity contribution in [2.45, 2.75) is 132 Å². The van der Waals surface area contributed by atoms with Crippen LogP contribution in [-0.4, -0.2) is 54.1 Å². The lowest BCUT2D eigenvalue weighted by Gasteiger charge is -2.41. The van der Waals surface area contributed by atoms with E-state index in [-0.39, 0.29) is 11.5 Å². The molecule has 0 N–H and O–H groups in total. The molecule has 0 radical (unpaired) electrons. The van der Waals surface area contributed by atoms with Crippen LogP contribution >= 0.6 is 0 Å². The van der Waals surface area contributed by atoms with E-state index in [1.165, 1.54) is 0 Å². The van der Waals surface area contributed by atoms with Crippen molar-refractivity contribution >= 4 is 24.2 Å². The zero-order valence-electron chi connectivity index (χ0n) is 25.5. The summed E-state index contributed by atoms with van der Waals surface area (Å²) in [5, 5.41) is 0. The molecule has 3 rings (SSSR count). The molecule has 0 amide bonds. The lowest BCUT2D eigenvalue weighted by atomic mass is 9.73. The number of piperidine rings is 1. The van der Waals surface area contributed by atoms with Crippen LogP contribution in [0.25, 0.3) is 0 Å². The predicted molar refractivity (Wildman–Crippen MR) is 149 cm³/mol. The van der Waals surface area contributed by atoms with E-state index in [1.54, 1.807) is 0 Å². The summed E-state index contributed by atoms with van der Waals surface area (Å²) in [5.74, 6) is -0.405. The third-order valence-corrected chi connectivity index (χ3v) is 7.85. The number of carbonyl (C=O) groups excluding carboxylic acids is 1. The Morgan fingerprint density at radius 3 is 1.95 bits per heavy atom. The molecule has 8 heteroatoms. The number of hydrogen-bond acceptors (Lipinski definition) is 7. The quantitative estimate of drug-likeness (QED) is 0.369. The minimum absolute atomic E-state index is 0.260. The molecular weight excluding hydrogens is 467 g/mol. The first-order chi connectivity index (χ1) is 16.7. The van der Waals surface area contributed by atoms with Crippen molar-refractivity contribution in [3.05, 3.63) is 17.0 Å². The molecule has 2 aliphatic rings. The average molecular weight is 517 g/mol. The molecule has 1 aromatic rings. The van der Waals surface area contributed by atoms with Crippen LogP contribution in [0.4, 0.5) is 5.69 Å². The highest BCUT2D eigenvalue weighted by Crippen LogP contribution is 2.42. The van der Waals surface area contributed by atoms with E-state index in [4.69, 9.17) is 23.8 Å². The van der Waals surface area contributed by atoms with E-state index in [2.05, 4.69) is 46.4 Å². The normalized spacial score (nSPS) is 21.9. The highest BCUT2D eigenvalue weighted by atomic mass is 16.7. The Kier molecular flexibility index (Phi) is 8.21. The number of rotatable bonds is 6. The number of carbonyl (C=O) groups is 1. The Morgan fingerprint density at radius 1 is 0.973 bits per heavy atom. The molecule has 0 bridgehead atoms. The lowest BCUT2D eigenvalue weighted by Crippen LogP contribution is -2.47. The van der Waals surface area contributed by atoms with E-state index in [0.717, 1.165) is 54.0 Å². The number of aromatic nitrogens is 1. The Bertz CT molecular complexity index is 987. The van der Waals surface area contributed by atoms with Crippen molar-refractivity contribution < 1.29 is 23.6 Å². The van der Waals surface area contributed by atoms with Crippen LogP contribution < -0.4 is 10.4 Å². The number of aryl methyl sites for hydroxylation is 2. The molecule has 208 valence electrons. The van der Waals surface area contributed by atoms with E-state index < -0.39 is 36.0 Å². The Labute approximate surface area is 225 Å². The Morgan fingerprint density at radius 2 is 1.49 bits per heavy atom. The summed E-state index contributed by atoms with van der Waals surface area (Å²) in [6.07, 6.45) is 0.883. The lowest BCUT2D eigenvalue weighted by molar-refractivity contribution is -0.171. The predicted octanol–water partition coefficient (Wildman–Crippen LogP) is 5.43. The summed E-state index contributed by atoms with van der Waals surface area (Å²) >= 11 is 0. The second-order valence-corrected chi connectivity index (χ2v) is 13.8. The first-order valence-corrected chi connectivity index (χ1v) is 13.7. The molecule has 0 aromatic carbocycles. The minimum atomic E-state index is -0.929. The van der Waals surface area contributed by atoms with Crippen molar-refractivity contribution in [3.8, 4) is 0 Å². The number of ether oxygens (including phenoxy) is 2. The molecule has 2 saturated heterocycles. The van der Waals surface area contributed by atoms with Crippen molar-refractivity contribution in [2.24, 2.45) is 5.41 Å². The van der Waals surface area contributed by atoms with Crippen LogP contribution in [0.3, 0.4) is 0 Å². The summed E-state index contributed by atoms with van der Waals surface area (Å²) < 4.78 is 25.3. The maximum Gasteiger partial charge on any atom is 0.498 e. The van der Waals surface area contributed by atoms with Crippen molar-refractivity contribution in [1.82, 2.24) is 4.98 Å². The number of pyridine rings is 1. The summed E-state index contributed by atoms with van der Waals surface area (Å²) in [4.78, 5) is 20.9. The van der Waals surface area contributed by atoms with Gasteiger partial charge in [0, 0.05) is 41.2 Å². The number of esters is 1. The minimum Gasteiger partial charge on any atom is -0.461 e. The van der Waals surface area contributed by atoms with E-state index in [0.29, 0.717) is 0 Å². The molecule has 1 unspecified atom stereocenters. The summed E-state index contributed by atoms with van der Waals surface area (Å²) in [6.45, 7) is 28.1. The number of anilines is 1. The topological polar surface area (TPSA) is 70.1 Å². The van der Waals surface area contributed by atoms with Gasteiger partial charge in [-0.2, -0.15) is 0 Å². The van der Waals surface area contributed by atoms with Gasteiger partial charge in [0.1, 0.15) is 0 Å². The molecule has 2 aliphatic heterocycles. The van der Waals surface area contributed by atoms with Gasteiger partial charge in [-0.3, -0.25) is 4.98 Å². The van der Waals surface area contributed by atoms with Gasteiger partial charge < -0.3 is 23.7 Å². The molecule has 1 atom stereocenters. The van der Waals surface area contributed by atoms with Gasteiger partial charge in [-0.1, -0.05) is 13.8 Å². The van der Waals surface area contributed by atoms with Gasteiger partial charge in [-0.05, 0) is 94.4 Å². The van der Waals surface area contributed by atoms with E-state index in [1.807, 2.05) is 48.5 Å². The van der Waals surface area contributed by atoms with Crippen molar-refractivity contribution in [2.75, 3.05) is 18.0 Å². The molecule has 0 spiro atoms. The van der Waals surface area contributed by atoms with Gasteiger partial charge in [0.25, 0.3) is 0 Å². The average Bonchev–Trinajstić information content (AvgIpc) is 2.91. The molecule has 7 nitrogen and oxygen atoms in total. The maximum atomic E-state index is 13.6. The number of nitrogens with zero attached hydrogens (tertiary/aromatic N) is 2. The fourth-order valence-corrected chi connectivity index (χ4v) is 4.97. The van der Waals surface area contributed by atoms with E-state index >= 15 is 0 Å². The standard InChI is InChI=1S/C29H49BN2O5/c1-18(2)34-25(33)24(35-26(5,6)7)21-19(3)31-20(4)22(30-36-28(10,11)29(12,13)37-30)23(21)32-16-14-27(8,9)15-17-32/h18,24H,14-17H2,1-13H3. The van der Waals surface area contributed by atoms with Crippen LogP contribution in [0.15, 0.2) is 0 Å². The summed E-state index contributed by atoms with van der Waals surface area (Å²) in [6, 6.07) is 0. The molecule has 0 saturated carbocycles. The van der Waals surface area contributed by atoms with Crippen LogP contribution in [-0.2, 0) is 23.6 Å². The zero-order valence-corrected chi connectivity index (χ0v) is 25.5. The third kappa shape index (κ3) is 6.51. The molecule has 2 fully saturated rings. The molecule has 3 heterocycles. The van der Waals surface area contributed by atoms with Crippen LogP contribution in [0.2, 0.25) is 0 Å². The van der Waals surface area contributed by atoms with E-state index in [9.17, 15) is 4.79 Å². The number of hydrogen-bond donors (Lipinski definition) is 0. The van der Waals surface area contributed by atoms with Crippen molar-refractivity contribution in [1.29, 1.82) is 0 Å². The zero-order chi connectivity index (χ0) is 28.1. The maximum absolute atomic E-state index is 13.6. The van der Waals surface area contributed by atoms with Gasteiger partial charge in [0.2, 0.25) is 0 Å². The second-order valence-electron chi connectivity index (χ2n) is 13.8. The molecular formula is C29H49BN2O5. The molecule has 1 aromatic heterocycles. The summed E-state index contributed by atoms with van der Waals surface area (Å²) in [5.41, 5.74) is 2.82. The first kappa shape index (κ1) is 29.9. The molecule has 0 aliphatic carbocycles. The van der Waals surface area contributed by atoms with Gasteiger partial charge >= 0.3 is 13.1 Å². The highest BCUT2D eigenvalue weighted by molar-refractivity contribution is 6.64. The van der Waals surface area contributed by atoms with Crippen LogP contribution in [0, 0.1) is 19.3 Å². The largest absolute Gasteiger partial charge is 0.498 e. The van der Waals surface area contributed by atoms with Gasteiger partial charge in [-0.15, -0.1) is 0 Å². The van der Waals surface area contributed by atoms with Gasteiger partial charge in [-0.25, -0.2) is 4.79 Å². The Balaban J connectivity index is 2.27. The highest BCUT2D eigenvalue weighted by Gasteiger charge is 2.54. The fourth-order valence-electron chi connectivity index (χ4n) is 4.97. The van der Waals surface area contributed by atoms with Crippen LogP contribution in [0.1, 0.15) is 112 Å². The third-order valence-electron chi connectivity index (χ3n) is 7.85. The summed E-state index contributed by atoms with van der Waals surface area (Å²) in [7, 11) is -0.613. The molecule has 37 heavy (non-hydrogen) atoms.